The average Bonchev–Trinajstić information content (AvgIpc) is 2.54. The van der Waals surface area contributed by atoms with Crippen LogP contribution in [0.25, 0.3) is 0 Å². The molecule has 3 rings (SSSR count). The maximum absolute atomic E-state index is 12.2. The van der Waals surface area contributed by atoms with Gasteiger partial charge in [0.15, 0.2) is 0 Å². The smallest absolute Gasteiger partial charge is 0.247 e. The highest BCUT2D eigenvalue weighted by Crippen LogP contribution is 2.38. The molecular formula is C17H17ClN2O2. The Morgan fingerprint density at radius 3 is 2.36 bits per heavy atom. The number of nitrogens with zero attached hydrogens (tertiary/aromatic N) is 1. The van der Waals surface area contributed by atoms with E-state index in [2.05, 4.69) is 0 Å². The predicted octanol–water partition coefficient (Wildman–Crippen LogP) is 3.15. The van der Waals surface area contributed by atoms with Crippen molar-refractivity contribution in [3.63, 3.8) is 0 Å². The monoisotopic (exact) mass is 316 g/mol. The molecule has 1 saturated heterocycles. The van der Waals surface area contributed by atoms with Crippen molar-refractivity contribution < 1.29 is 9.53 Å². The quantitative estimate of drug-likeness (QED) is 0.882. The number of anilines is 1. The Hall–Kier alpha value is -2.04. The summed E-state index contributed by atoms with van der Waals surface area (Å²) < 4.78 is 5.42. The number of nitrogens with two attached hydrogens (primary N) is 1. The molecule has 2 atom stereocenters. The molecule has 0 radical (unpaired) electrons. The van der Waals surface area contributed by atoms with Gasteiger partial charge < -0.3 is 15.4 Å². The van der Waals surface area contributed by atoms with E-state index in [1.165, 1.54) is 0 Å². The molecule has 1 amide bonds. The number of carbonyl (C=O) groups is 1. The first-order valence-corrected chi connectivity index (χ1v) is 7.56. The SMILES string of the molecule is CCOc1ccc(N2C(=O)[C@H](N)[C@@H]2c2ccc(Cl)cc2)cc1. The lowest BCUT2D eigenvalue weighted by Gasteiger charge is -2.45. The number of halogens is 1. The van der Waals surface area contributed by atoms with Crippen molar-refractivity contribution in [3.8, 4) is 5.75 Å². The molecule has 1 aliphatic rings. The van der Waals surface area contributed by atoms with Gasteiger partial charge in [0.25, 0.3) is 0 Å². The molecule has 2 aromatic carbocycles. The molecule has 114 valence electrons. The van der Waals surface area contributed by atoms with Gasteiger partial charge in [-0.05, 0) is 48.9 Å². The molecule has 0 bridgehead atoms. The summed E-state index contributed by atoms with van der Waals surface area (Å²) in [5.41, 5.74) is 7.78. The molecule has 1 aliphatic heterocycles. The standard InChI is InChI=1S/C17H17ClN2O2/c1-2-22-14-9-7-13(8-10-14)20-16(15(19)17(20)21)11-3-5-12(18)6-4-11/h3-10,15-16H,2,19H2,1H3/t15-,16+/m1/s1. The van der Waals surface area contributed by atoms with Gasteiger partial charge in [0.05, 0.1) is 12.6 Å². The molecule has 0 aromatic heterocycles. The lowest BCUT2D eigenvalue weighted by Crippen LogP contribution is -2.63. The fourth-order valence-electron chi connectivity index (χ4n) is 2.69. The summed E-state index contributed by atoms with van der Waals surface area (Å²) in [5, 5.41) is 0.663. The van der Waals surface area contributed by atoms with Gasteiger partial charge in [0, 0.05) is 10.7 Å². The first-order valence-electron chi connectivity index (χ1n) is 7.19. The molecule has 0 spiro atoms. The second-order valence-electron chi connectivity index (χ2n) is 5.16. The molecule has 1 fully saturated rings. The van der Waals surface area contributed by atoms with Crippen molar-refractivity contribution in [3.05, 3.63) is 59.1 Å². The van der Waals surface area contributed by atoms with Gasteiger partial charge in [-0.1, -0.05) is 23.7 Å². The number of amides is 1. The summed E-state index contributed by atoms with van der Waals surface area (Å²) in [4.78, 5) is 13.9. The van der Waals surface area contributed by atoms with Crippen molar-refractivity contribution in [2.45, 2.75) is 19.0 Å². The van der Waals surface area contributed by atoms with Crippen LogP contribution in [0, 0.1) is 0 Å². The molecule has 1 heterocycles. The molecule has 4 nitrogen and oxygen atoms in total. The van der Waals surface area contributed by atoms with Gasteiger partial charge in [-0.3, -0.25) is 4.79 Å². The van der Waals surface area contributed by atoms with Gasteiger partial charge in [0.1, 0.15) is 11.8 Å². The minimum Gasteiger partial charge on any atom is -0.494 e. The van der Waals surface area contributed by atoms with Crippen LogP contribution >= 0.6 is 11.6 Å². The zero-order valence-electron chi connectivity index (χ0n) is 12.2. The van der Waals surface area contributed by atoms with E-state index < -0.39 is 6.04 Å². The van der Waals surface area contributed by atoms with Gasteiger partial charge >= 0.3 is 0 Å². The zero-order chi connectivity index (χ0) is 15.7. The van der Waals surface area contributed by atoms with Gasteiger partial charge in [-0.25, -0.2) is 0 Å². The Morgan fingerprint density at radius 1 is 1.14 bits per heavy atom. The minimum absolute atomic E-state index is 0.0795. The van der Waals surface area contributed by atoms with E-state index in [0.29, 0.717) is 11.6 Å². The van der Waals surface area contributed by atoms with Gasteiger partial charge in [-0.15, -0.1) is 0 Å². The van der Waals surface area contributed by atoms with E-state index in [4.69, 9.17) is 22.1 Å². The molecule has 5 heteroatoms. The first-order chi connectivity index (χ1) is 10.6. The van der Waals surface area contributed by atoms with E-state index in [-0.39, 0.29) is 11.9 Å². The Kier molecular flexibility index (Phi) is 4.05. The number of ether oxygens (including phenoxy) is 1. The molecule has 22 heavy (non-hydrogen) atoms. The molecule has 0 saturated carbocycles. The van der Waals surface area contributed by atoms with Crippen LogP contribution in [0.5, 0.6) is 5.75 Å². The second-order valence-corrected chi connectivity index (χ2v) is 5.59. The van der Waals surface area contributed by atoms with E-state index >= 15 is 0 Å². The Bertz CT molecular complexity index is 670. The van der Waals surface area contributed by atoms with Crippen molar-refractivity contribution in [1.29, 1.82) is 0 Å². The zero-order valence-corrected chi connectivity index (χ0v) is 13.0. The summed E-state index contributed by atoms with van der Waals surface area (Å²) >= 11 is 5.92. The van der Waals surface area contributed by atoms with Gasteiger partial charge in [-0.2, -0.15) is 0 Å². The average molecular weight is 317 g/mol. The molecule has 2 aromatic rings. The molecular weight excluding hydrogens is 300 g/mol. The van der Waals surface area contributed by atoms with Crippen LogP contribution in [-0.2, 0) is 4.79 Å². The number of β-lactam (4-membered cyclic amide) rings is 1. The third-order valence-electron chi connectivity index (χ3n) is 3.78. The maximum atomic E-state index is 12.2. The molecule has 0 unspecified atom stereocenters. The normalized spacial score (nSPS) is 20.7. The fourth-order valence-corrected chi connectivity index (χ4v) is 2.81. The van der Waals surface area contributed by atoms with Crippen molar-refractivity contribution >= 4 is 23.2 Å². The lowest BCUT2D eigenvalue weighted by molar-refractivity contribution is -0.126. The third kappa shape index (κ3) is 2.56. The summed E-state index contributed by atoms with van der Waals surface area (Å²) in [7, 11) is 0. The number of hydrogen-bond donors (Lipinski definition) is 1. The lowest BCUT2D eigenvalue weighted by atomic mass is 9.88. The fraction of sp³-hybridized carbons (Fsp3) is 0.235. The largest absolute Gasteiger partial charge is 0.494 e. The van der Waals surface area contributed by atoms with E-state index in [0.717, 1.165) is 17.0 Å². The highest BCUT2D eigenvalue weighted by molar-refractivity contribution is 6.30. The second kappa shape index (κ2) is 5.99. The van der Waals surface area contributed by atoms with Crippen LogP contribution in [0.15, 0.2) is 48.5 Å². The number of hydrogen-bond acceptors (Lipinski definition) is 3. The van der Waals surface area contributed by atoms with Crippen LogP contribution in [0.4, 0.5) is 5.69 Å². The first kappa shape index (κ1) is 14.9. The summed E-state index contributed by atoms with van der Waals surface area (Å²) in [6, 6.07) is 14.2. The highest BCUT2D eigenvalue weighted by atomic mass is 35.5. The van der Waals surface area contributed by atoms with Crippen molar-refractivity contribution in [2.75, 3.05) is 11.5 Å². The van der Waals surface area contributed by atoms with Crippen molar-refractivity contribution in [2.24, 2.45) is 5.73 Å². The Morgan fingerprint density at radius 2 is 1.77 bits per heavy atom. The van der Waals surface area contributed by atoms with E-state index in [1.807, 2.05) is 55.5 Å². The maximum Gasteiger partial charge on any atom is 0.247 e. The Labute approximate surface area is 134 Å². The minimum atomic E-state index is -0.521. The van der Waals surface area contributed by atoms with Crippen LogP contribution in [0.3, 0.4) is 0 Å². The van der Waals surface area contributed by atoms with Crippen LogP contribution < -0.4 is 15.4 Å². The topological polar surface area (TPSA) is 55.6 Å². The Balaban J connectivity index is 1.87. The summed E-state index contributed by atoms with van der Waals surface area (Å²) in [5.74, 6) is 0.704. The summed E-state index contributed by atoms with van der Waals surface area (Å²) in [6.45, 7) is 2.54. The van der Waals surface area contributed by atoms with Crippen LogP contribution in [0.2, 0.25) is 5.02 Å². The van der Waals surface area contributed by atoms with E-state index in [9.17, 15) is 4.79 Å². The molecule has 0 aliphatic carbocycles. The number of benzene rings is 2. The molecule has 2 N–H and O–H groups in total. The van der Waals surface area contributed by atoms with Crippen LogP contribution in [0.1, 0.15) is 18.5 Å². The van der Waals surface area contributed by atoms with Crippen molar-refractivity contribution in [1.82, 2.24) is 0 Å². The predicted molar refractivity (Wildman–Crippen MR) is 87.3 cm³/mol. The highest BCUT2D eigenvalue weighted by Gasteiger charge is 2.46. The summed E-state index contributed by atoms with van der Waals surface area (Å²) in [6.07, 6.45) is 0. The van der Waals surface area contributed by atoms with Gasteiger partial charge in [0.2, 0.25) is 5.91 Å². The number of carbonyl (C=O) groups excluding carboxylic acids is 1. The number of rotatable bonds is 4. The van der Waals surface area contributed by atoms with E-state index in [1.54, 1.807) is 4.90 Å². The van der Waals surface area contributed by atoms with Crippen LogP contribution in [-0.4, -0.2) is 18.6 Å². The third-order valence-corrected chi connectivity index (χ3v) is 4.03.